The summed E-state index contributed by atoms with van der Waals surface area (Å²) in [5.74, 6) is 1.01. The van der Waals surface area contributed by atoms with Crippen molar-refractivity contribution >= 4 is 43.3 Å². The minimum absolute atomic E-state index is 0.142. The zero-order chi connectivity index (χ0) is 19.7. The Morgan fingerprint density at radius 2 is 2.00 bits per heavy atom. The van der Waals surface area contributed by atoms with Crippen LogP contribution in [-0.4, -0.2) is 65.8 Å². The van der Waals surface area contributed by atoms with Crippen molar-refractivity contribution in [3.8, 4) is 0 Å². The zero-order valence-electron chi connectivity index (χ0n) is 15.2. The van der Waals surface area contributed by atoms with Gasteiger partial charge in [-0.25, -0.2) is 18.4 Å². The molecular formula is C17H19N5O3S3. The van der Waals surface area contributed by atoms with Gasteiger partial charge in [0, 0.05) is 32.4 Å². The number of likely N-dealkylation sites (N-methyl/N-ethyl adjacent to an activating group) is 1. The second-order valence-electron chi connectivity index (χ2n) is 6.48. The van der Waals surface area contributed by atoms with Gasteiger partial charge in [-0.05, 0) is 30.6 Å². The molecule has 4 rings (SSSR count). The van der Waals surface area contributed by atoms with Crippen molar-refractivity contribution in [1.29, 1.82) is 0 Å². The maximum absolute atomic E-state index is 12.7. The third-order valence-electron chi connectivity index (χ3n) is 4.53. The topological polar surface area (TPSA) is 99.3 Å². The summed E-state index contributed by atoms with van der Waals surface area (Å²) in [6, 6.07) is 5.09. The van der Waals surface area contributed by atoms with Crippen LogP contribution in [0, 0.1) is 0 Å². The number of hydrogen-bond acceptors (Lipinski definition) is 8. The Bertz CT molecular complexity index is 1130. The Hall–Kier alpha value is -1.79. The molecule has 1 fully saturated rings. The lowest BCUT2D eigenvalue weighted by atomic mass is 10.4. The van der Waals surface area contributed by atoms with Gasteiger partial charge in [-0.15, -0.1) is 11.3 Å². The predicted octanol–water partition coefficient (Wildman–Crippen LogP) is 1.61. The van der Waals surface area contributed by atoms with E-state index < -0.39 is 10.0 Å². The van der Waals surface area contributed by atoms with Crippen LogP contribution in [0.25, 0.3) is 10.2 Å². The lowest BCUT2D eigenvalue weighted by Crippen LogP contribution is -2.47. The van der Waals surface area contributed by atoms with E-state index >= 15 is 0 Å². The summed E-state index contributed by atoms with van der Waals surface area (Å²) in [4.78, 5) is 25.8. The molecule has 28 heavy (non-hydrogen) atoms. The van der Waals surface area contributed by atoms with Crippen molar-refractivity contribution in [3.05, 3.63) is 46.0 Å². The molecule has 3 aromatic rings. The summed E-state index contributed by atoms with van der Waals surface area (Å²) in [6.07, 6.45) is 1.40. The second-order valence-corrected chi connectivity index (χ2v) is 10.3. The number of rotatable bonds is 5. The number of fused-ring (bicyclic) bond motifs is 1. The number of H-pyrrole nitrogens is 1. The first-order valence-corrected chi connectivity index (χ1v) is 12.0. The highest BCUT2D eigenvalue weighted by Gasteiger charge is 2.27. The first kappa shape index (κ1) is 19.5. The van der Waals surface area contributed by atoms with Gasteiger partial charge in [0.2, 0.25) is 10.0 Å². The van der Waals surface area contributed by atoms with Gasteiger partial charge in [-0.3, -0.25) is 4.79 Å². The highest BCUT2D eigenvalue weighted by molar-refractivity contribution is 7.98. The zero-order valence-corrected chi connectivity index (χ0v) is 17.6. The van der Waals surface area contributed by atoms with Crippen molar-refractivity contribution in [1.82, 2.24) is 24.2 Å². The molecule has 0 aliphatic carbocycles. The smallest absolute Gasteiger partial charge is 0.268 e. The summed E-state index contributed by atoms with van der Waals surface area (Å²) in [5.41, 5.74) is 0.545. The second kappa shape index (κ2) is 7.91. The first-order valence-electron chi connectivity index (χ1n) is 8.67. The summed E-state index contributed by atoms with van der Waals surface area (Å²) in [5, 5.41) is 2.51. The number of hydrogen-bond donors (Lipinski definition) is 1. The molecule has 8 nitrogen and oxygen atoms in total. The minimum atomic E-state index is -3.52. The fraction of sp³-hybridized carbons (Fsp3) is 0.353. The Morgan fingerprint density at radius 1 is 1.21 bits per heavy atom. The number of sulfonamides is 1. The van der Waals surface area contributed by atoms with E-state index in [9.17, 15) is 13.2 Å². The normalized spacial score (nSPS) is 16.6. The van der Waals surface area contributed by atoms with Crippen LogP contribution in [0.3, 0.4) is 0 Å². The van der Waals surface area contributed by atoms with Crippen LogP contribution < -0.4 is 5.56 Å². The van der Waals surface area contributed by atoms with Crippen molar-refractivity contribution in [3.63, 3.8) is 0 Å². The van der Waals surface area contributed by atoms with Gasteiger partial charge in [0.15, 0.2) is 0 Å². The first-order chi connectivity index (χ1) is 13.4. The van der Waals surface area contributed by atoms with Gasteiger partial charge in [-0.1, -0.05) is 11.8 Å². The van der Waals surface area contributed by atoms with Gasteiger partial charge in [0.1, 0.15) is 15.4 Å². The number of nitrogens with zero attached hydrogens (tertiary/aromatic N) is 4. The van der Waals surface area contributed by atoms with Crippen molar-refractivity contribution < 1.29 is 8.42 Å². The number of pyridine rings is 1. The number of thiophene rings is 1. The van der Waals surface area contributed by atoms with Crippen LogP contribution in [0.4, 0.5) is 0 Å². The number of piperazine rings is 1. The summed E-state index contributed by atoms with van der Waals surface area (Å²) >= 11 is 2.76. The molecule has 0 aromatic carbocycles. The summed E-state index contributed by atoms with van der Waals surface area (Å²) in [7, 11) is -1.53. The average Bonchev–Trinajstić information content (AvgIpc) is 3.16. The monoisotopic (exact) mass is 437 g/mol. The molecule has 0 atom stereocenters. The molecule has 0 saturated carbocycles. The maximum Gasteiger partial charge on any atom is 0.268 e. The maximum atomic E-state index is 12.7. The molecule has 1 saturated heterocycles. The molecule has 1 aliphatic heterocycles. The van der Waals surface area contributed by atoms with Crippen molar-refractivity contribution in [2.45, 2.75) is 15.7 Å². The highest BCUT2D eigenvalue weighted by atomic mass is 32.2. The molecular weight excluding hydrogens is 418 g/mol. The largest absolute Gasteiger partial charge is 0.309 e. The van der Waals surface area contributed by atoms with E-state index in [1.54, 1.807) is 12.1 Å². The molecule has 0 radical (unpaired) electrons. The average molecular weight is 438 g/mol. The van der Waals surface area contributed by atoms with E-state index in [0.29, 0.717) is 39.9 Å². The molecule has 148 valence electrons. The van der Waals surface area contributed by atoms with Crippen LogP contribution in [0.1, 0.15) is 5.82 Å². The van der Waals surface area contributed by atoms with Crippen LogP contribution >= 0.6 is 23.1 Å². The summed E-state index contributed by atoms with van der Waals surface area (Å²) < 4.78 is 27.6. The van der Waals surface area contributed by atoms with Crippen LogP contribution in [0.15, 0.2) is 44.5 Å². The SMILES string of the molecule is CN1CCN(S(=O)(=O)c2ccc(SCc3nc4ccsc4c(=O)[nH]3)nc2)CC1. The van der Waals surface area contributed by atoms with Gasteiger partial charge in [0.05, 0.1) is 16.3 Å². The summed E-state index contributed by atoms with van der Waals surface area (Å²) in [6.45, 7) is 2.42. The van der Waals surface area contributed by atoms with Gasteiger partial charge in [-0.2, -0.15) is 4.31 Å². The fourth-order valence-electron chi connectivity index (χ4n) is 2.91. The highest BCUT2D eigenvalue weighted by Crippen LogP contribution is 2.23. The number of thioether (sulfide) groups is 1. The lowest BCUT2D eigenvalue weighted by Gasteiger charge is -2.31. The third-order valence-corrected chi connectivity index (χ3v) is 8.27. The van der Waals surface area contributed by atoms with E-state index in [2.05, 4.69) is 19.9 Å². The molecule has 0 spiro atoms. The van der Waals surface area contributed by atoms with Crippen LogP contribution in [-0.2, 0) is 15.8 Å². The number of nitrogens with one attached hydrogen (secondary N) is 1. The van der Waals surface area contributed by atoms with E-state index in [0.717, 1.165) is 13.1 Å². The quantitative estimate of drug-likeness (QED) is 0.605. The molecule has 3 aromatic heterocycles. The van der Waals surface area contributed by atoms with E-state index in [1.165, 1.54) is 33.6 Å². The van der Waals surface area contributed by atoms with Crippen molar-refractivity contribution in [2.75, 3.05) is 33.2 Å². The molecule has 1 aliphatic rings. The lowest BCUT2D eigenvalue weighted by molar-refractivity contribution is 0.222. The molecule has 1 N–H and O–H groups in total. The Balaban J connectivity index is 1.45. The molecule has 0 unspecified atom stereocenters. The fourth-order valence-corrected chi connectivity index (χ4v) is 5.72. The van der Waals surface area contributed by atoms with Gasteiger partial charge >= 0.3 is 0 Å². The standard InChI is InChI=1S/C17H19N5O3S3/c1-21-5-7-22(8-6-21)28(24,25)12-2-3-15(18-10-12)27-11-14-19-13-4-9-26-16(13)17(23)20-14/h2-4,9-10H,5-8,11H2,1H3,(H,19,20,23). The molecule has 0 amide bonds. The van der Waals surface area contributed by atoms with Crippen LogP contribution in [0.2, 0.25) is 0 Å². The Labute approximate surface area is 170 Å². The molecule has 0 bridgehead atoms. The number of aromatic nitrogens is 3. The van der Waals surface area contributed by atoms with Crippen molar-refractivity contribution in [2.24, 2.45) is 0 Å². The van der Waals surface area contributed by atoms with Gasteiger partial charge in [0.25, 0.3) is 5.56 Å². The molecule has 11 heteroatoms. The Kier molecular flexibility index (Phi) is 5.52. The molecule has 4 heterocycles. The minimum Gasteiger partial charge on any atom is -0.309 e. The van der Waals surface area contributed by atoms with E-state index in [1.807, 2.05) is 18.5 Å². The van der Waals surface area contributed by atoms with Crippen LogP contribution in [0.5, 0.6) is 0 Å². The Morgan fingerprint density at radius 3 is 2.71 bits per heavy atom. The van der Waals surface area contributed by atoms with Gasteiger partial charge < -0.3 is 9.88 Å². The van der Waals surface area contributed by atoms with E-state index in [-0.39, 0.29) is 10.5 Å². The third kappa shape index (κ3) is 3.98. The number of aromatic amines is 1. The van der Waals surface area contributed by atoms with E-state index in [4.69, 9.17) is 0 Å². The predicted molar refractivity (Wildman–Crippen MR) is 110 cm³/mol.